The summed E-state index contributed by atoms with van der Waals surface area (Å²) in [4.78, 5) is 20.5. The average molecular weight is 397 g/mol. The normalized spacial score (nSPS) is 10.2. The number of aromatic nitrogens is 2. The zero-order chi connectivity index (χ0) is 20.1. The third-order valence-corrected chi connectivity index (χ3v) is 4.17. The van der Waals surface area contributed by atoms with E-state index in [1.165, 1.54) is 31.5 Å². The van der Waals surface area contributed by atoms with E-state index >= 15 is 0 Å². The molecule has 3 rings (SSSR count). The van der Waals surface area contributed by atoms with Gasteiger partial charge >= 0.3 is 0 Å². The van der Waals surface area contributed by atoms with Gasteiger partial charge in [-0.1, -0.05) is 23.7 Å². The second kappa shape index (κ2) is 8.46. The van der Waals surface area contributed by atoms with Crippen LogP contribution in [0.3, 0.4) is 0 Å². The molecule has 1 amide bonds. The molecule has 2 heterocycles. The number of benzene rings is 1. The van der Waals surface area contributed by atoms with Crippen molar-refractivity contribution in [2.75, 3.05) is 12.4 Å². The van der Waals surface area contributed by atoms with Crippen LogP contribution in [-0.4, -0.2) is 23.0 Å². The van der Waals surface area contributed by atoms with Gasteiger partial charge in [0.25, 0.3) is 0 Å². The van der Waals surface area contributed by atoms with Gasteiger partial charge in [-0.05, 0) is 23.8 Å². The maximum atomic E-state index is 13.7. The number of amides is 1. The lowest BCUT2D eigenvalue weighted by atomic mass is 10.1. The first kappa shape index (κ1) is 19.3. The monoisotopic (exact) mass is 396 g/mol. The molecule has 140 valence electrons. The van der Waals surface area contributed by atoms with Crippen molar-refractivity contribution in [3.63, 3.8) is 0 Å². The second-order valence-electron chi connectivity index (χ2n) is 5.79. The first-order chi connectivity index (χ1) is 13.5. The Morgan fingerprint density at radius 3 is 2.71 bits per heavy atom. The van der Waals surface area contributed by atoms with E-state index < -0.39 is 5.82 Å². The van der Waals surface area contributed by atoms with Gasteiger partial charge in [-0.2, -0.15) is 5.26 Å². The second-order valence-corrected chi connectivity index (χ2v) is 6.19. The minimum Gasteiger partial charge on any atom is -0.495 e. The van der Waals surface area contributed by atoms with E-state index in [-0.39, 0.29) is 17.9 Å². The van der Waals surface area contributed by atoms with Gasteiger partial charge in [0.2, 0.25) is 5.91 Å². The van der Waals surface area contributed by atoms with Gasteiger partial charge in [0.1, 0.15) is 28.5 Å². The van der Waals surface area contributed by atoms with Crippen molar-refractivity contribution in [1.82, 2.24) is 9.97 Å². The third-order valence-electron chi connectivity index (χ3n) is 3.88. The molecule has 0 radical (unpaired) electrons. The van der Waals surface area contributed by atoms with E-state index in [4.69, 9.17) is 21.6 Å². The Balaban J connectivity index is 1.68. The molecule has 0 saturated carbocycles. The van der Waals surface area contributed by atoms with Crippen LogP contribution in [0.25, 0.3) is 11.3 Å². The van der Waals surface area contributed by atoms with Crippen LogP contribution in [0.4, 0.5) is 10.2 Å². The van der Waals surface area contributed by atoms with E-state index in [1.807, 2.05) is 0 Å². The fourth-order valence-corrected chi connectivity index (χ4v) is 2.66. The summed E-state index contributed by atoms with van der Waals surface area (Å²) < 4.78 is 18.8. The van der Waals surface area contributed by atoms with Gasteiger partial charge in [0, 0.05) is 17.8 Å². The fourth-order valence-electron chi connectivity index (χ4n) is 2.48. The molecule has 0 aliphatic carbocycles. The number of ether oxygens (including phenoxy) is 1. The zero-order valence-electron chi connectivity index (χ0n) is 14.7. The predicted octanol–water partition coefficient (Wildman–Crippen LogP) is 4.00. The van der Waals surface area contributed by atoms with Crippen LogP contribution in [0.1, 0.15) is 11.1 Å². The predicted molar refractivity (Wildman–Crippen MR) is 102 cm³/mol. The van der Waals surface area contributed by atoms with Crippen molar-refractivity contribution in [2.24, 2.45) is 0 Å². The molecule has 0 atom stereocenters. The van der Waals surface area contributed by atoms with Crippen LogP contribution in [0.5, 0.6) is 5.75 Å². The first-order valence-corrected chi connectivity index (χ1v) is 8.52. The highest BCUT2D eigenvalue weighted by Gasteiger charge is 2.10. The number of carbonyl (C=O) groups is 1. The minimum atomic E-state index is -0.601. The summed E-state index contributed by atoms with van der Waals surface area (Å²) in [5.41, 5.74) is 1.74. The molecule has 0 saturated heterocycles. The molecule has 6 nitrogen and oxygen atoms in total. The fraction of sp³-hybridized carbons (Fsp3) is 0.100. The van der Waals surface area contributed by atoms with E-state index in [2.05, 4.69) is 15.3 Å². The van der Waals surface area contributed by atoms with Gasteiger partial charge < -0.3 is 10.1 Å². The van der Waals surface area contributed by atoms with E-state index in [1.54, 1.807) is 30.5 Å². The van der Waals surface area contributed by atoms with Crippen molar-refractivity contribution >= 4 is 23.3 Å². The number of pyridine rings is 2. The van der Waals surface area contributed by atoms with Gasteiger partial charge in [0.05, 0.1) is 31.0 Å². The van der Waals surface area contributed by atoms with Crippen LogP contribution in [0.2, 0.25) is 5.02 Å². The first-order valence-electron chi connectivity index (χ1n) is 8.14. The van der Waals surface area contributed by atoms with Gasteiger partial charge in [-0.25, -0.2) is 9.37 Å². The lowest BCUT2D eigenvalue weighted by Gasteiger charge is -2.08. The number of hydrogen-bond acceptors (Lipinski definition) is 5. The number of halogens is 2. The smallest absolute Gasteiger partial charge is 0.230 e. The van der Waals surface area contributed by atoms with Crippen molar-refractivity contribution < 1.29 is 13.9 Å². The number of nitriles is 1. The number of anilines is 1. The van der Waals surface area contributed by atoms with Gasteiger partial charge in [-0.15, -0.1) is 0 Å². The van der Waals surface area contributed by atoms with Crippen molar-refractivity contribution in [2.45, 2.75) is 6.42 Å². The Bertz CT molecular complexity index is 1060. The summed E-state index contributed by atoms with van der Waals surface area (Å²) in [7, 11) is 1.47. The summed E-state index contributed by atoms with van der Waals surface area (Å²) in [5, 5.41) is 11.8. The van der Waals surface area contributed by atoms with Crippen molar-refractivity contribution in [3.8, 4) is 23.1 Å². The maximum absolute atomic E-state index is 13.7. The molecule has 28 heavy (non-hydrogen) atoms. The molecule has 1 N–H and O–H groups in total. The number of nitrogens with zero attached hydrogens (tertiary/aromatic N) is 3. The maximum Gasteiger partial charge on any atom is 0.230 e. The molecule has 0 aliphatic heterocycles. The standard InChI is InChI=1S/C20H14ClFN4O2/c1-28-18-8-19(25-11-15(18)21)26-20(27)6-12-2-5-17(24-10-12)13-3-4-14(9-23)16(22)7-13/h2-5,7-8,10-11H,6H2,1H3,(H,25,26,27). The van der Waals surface area contributed by atoms with Crippen LogP contribution in [-0.2, 0) is 11.2 Å². The molecule has 1 aromatic carbocycles. The molecule has 0 bridgehead atoms. The zero-order valence-corrected chi connectivity index (χ0v) is 15.5. The van der Waals surface area contributed by atoms with E-state index in [0.29, 0.717) is 33.4 Å². The summed E-state index contributed by atoms with van der Waals surface area (Å²) >= 11 is 5.91. The molecular weight excluding hydrogens is 383 g/mol. The molecule has 0 spiro atoms. The molecule has 8 heteroatoms. The largest absolute Gasteiger partial charge is 0.495 e. The topological polar surface area (TPSA) is 87.9 Å². The van der Waals surface area contributed by atoms with Crippen molar-refractivity contribution in [1.29, 1.82) is 5.26 Å². The van der Waals surface area contributed by atoms with E-state index in [9.17, 15) is 9.18 Å². The third kappa shape index (κ3) is 4.42. The van der Waals surface area contributed by atoms with Crippen LogP contribution >= 0.6 is 11.6 Å². The summed E-state index contributed by atoms with van der Waals surface area (Å²) in [5.74, 6) is -0.150. The highest BCUT2D eigenvalue weighted by atomic mass is 35.5. The van der Waals surface area contributed by atoms with Crippen molar-refractivity contribution in [3.05, 3.63) is 70.8 Å². The quantitative estimate of drug-likeness (QED) is 0.704. The lowest BCUT2D eigenvalue weighted by Crippen LogP contribution is -2.15. The molecule has 3 aromatic rings. The molecule has 0 unspecified atom stereocenters. The van der Waals surface area contributed by atoms with E-state index in [0.717, 1.165) is 0 Å². The molecule has 2 aromatic heterocycles. The number of methoxy groups -OCH3 is 1. The SMILES string of the molecule is COc1cc(NC(=O)Cc2ccc(-c3ccc(C#N)c(F)c3)nc2)ncc1Cl. The summed E-state index contributed by atoms with van der Waals surface area (Å²) in [6.07, 6.45) is 3.02. The Labute approximate surface area is 165 Å². The minimum absolute atomic E-state index is 0.0236. The lowest BCUT2D eigenvalue weighted by molar-refractivity contribution is -0.115. The highest BCUT2D eigenvalue weighted by Crippen LogP contribution is 2.25. The van der Waals surface area contributed by atoms with Crippen LogP contribution in [0.15, 0.2) is 48.8 Å². The molecule has 0 fully saturated rings. The summed E-state index contributed by atoms with van der Waals surface area (Å²) in [6, 6.07) is 11.0. The Kier molecular flexibility index (Phi) is 5.82. The average Bonchev–Trinajstić information content (AvgIpc) is 2.70. The molecular formula is C20H14ClFN4O2. The van der Waals surface area contributed by atoms with Gasteiger partial charge in [0.15, 0.2) is 0 Å². The number of carbonyl (C=O) groups excluding carboxylic acids is 1. The number of nitrogens with one attached hydrogen (secondary N) is 1. The number of hydrogen-bond donors (Lipinski definition) is 1. The Morgan fingerprint density at radius 2 is 2.07 bits per heavy atom. The Morgan fingerprint density at radius 1 is 1.25 bits per heavy atom. The van der Waals surface area contributed by atoms with Gasteiger partial charge in [-0.3, -0.25) is 9.78 Å². The highest BCUT2D eigenvalue weighted by molar-refractivity contribution is 6.32. The Hall–Kier alpha value is -3.50. The number of rotatable bonds is 5. The van der Waals surface area contributed by atoms with Crippen LogP contribution < -0.4 is 10.1 Å². The van der Waals surface area contributed by atoms with Crippen LogP contribution in [0, 0.1) is 17.1 Å². The summed E-state index contributed by atoms with van der Waals surface area (Å²) in [6.45, 7) is 0. The molecule has 0 aliphatic rings.